The van der Waals surface area contributed by atoms with Gasteiger partial charge >= 0.3 is 0 Å². The average molecular weight is 225 g/mol. The largest absolute Gasteiger partial charge is 0.317 e. The lowest BCUT2D eigenvalue weighted by molar-refractivity contribution is 0.311. The van der Waals surface area contributed by atoms with E-state index in [0.717, 1.165) is 17.9 Å². The zero-order chi connectivity index (χ0) is 11.8. The summed E-state index contributed by atoms with van der Waals surface area (Å²) in [5.41, 5.74) is 0. The maximum atomic E-state index is 3.55. The summed E-state index contributed by atoms with van der Waals surface area (Å²) in [7, 11) is 2.15. The second kappa shape index (κ2) is 8.11. The Labute approximate surface area is 102 Å². The van der Waals surface area contributed by atoms with Gasteiger partial charge in [-0.25, -0.2) is 0 Å². The molecule has 1 heteroatoms. The molecule has 1 saturated carbocycles. The van der Waals surface area contributed by atoms with Gasteiger partial charge in [-0.2, -0.15) is 0 Å². The number of hydrogen-bond acceptors (Lipinski definition) is 1. The minimum atomic E-state index is 0.783. The van der Waals surface area contributed by atoms with Crippen molar-refractivity contribution < 1.29 is 0 Å². The third-order valence-corrected chi connectivity index (χ3v) is 4.37. The van der Waals surface area contributed by atoms with E-state index in [1.165, 1.54) is 57.8 Å². The third kappa shape index (κ3) is 4.45. The Kier molecular flexibility index (Phi) is 7.11. The topological polar surface area (TPSA) is 12.0 Å². The zero-order valence-corrected chi connectivity index (χ0v) is 11.6. The molecular weight excluding hydrogens is 194 g/mol. The highest BCUT2D eigenvalue weighted by Crippen LogP contribution is 2.32. The van der Waals surface area contributed by atoms with Crippen molar-refractivity contribution in [3.63, 3.8) is 0 Å². The van der Waals surface area contributed by atoms with Crippen LogP contribution in [0, 0.1) is 11.8 Å². The fourth-order valence-electron chi connectivity index (χ4n) is 3.43. The van der Waals surface area contributed by atoms with Gasteiger partial charge in [-0.05, 0) is 38.1 Å². The highest BCUT2D eigenvalue weighted by molar-refractivity contribution is 4.79. The van der Waals surface area contributed by atoms with Crippen molar-refractivity contribution in [1.29, 1.82) is 0 Å². The van der Waals surface area contributed by atoms with Crippen molar-refractivity contribution in [2.45, 2.75) is 77.7 Å². The summed E-state index contributed by atoms with van der Waals surface area (Å²) in [6, 6.07) is 0.783. The SMILES string of the molecule is CCCC1CCCC(C(CCC)NC)CC1. The molecule has 96 valence electrons. The van der Waals surface area contributed by atoms with Gasteiger partial charge in [-0.1, -0.05) is 52.4 Å². The number of hydrogen-bond donors (Lipinski definition) is 1. The van der Waals surface area contributed by atoms with Crippen LogP contribution in [0.5, 0.6) is 0 Å². The number of nitrogens with one attached hydrogen (secondary N) is 1. The first kappa shape index (κ1) is 14.0. The van der Waals surface area contributed by atoms with E-state index in [-0.39, 0.29) is 0 Å². The third-order valence-electron chi connectivity index (χ3n) is 4.37. The van der Waals surface area contributed by atoms with Crippen LogP contribution in [-0.2, 0) is 0 Å². The highest BCUT2D eigenvalue weighted by atomic mass is 14.9. The van der Waals surface area contributed by atoms with E-state index in [4.69, 9.17) is 0 Å². The average Bonchev–Trinajstić information content (AvgIpc) is 2.52. The van der Waals surface area contributed by atoms with Crippen LogP contribution in [0.1, 0.15) is 71.6 Å². The maximum absolute atomic E-state index is 3.55. The number of rotatable bonds is 6. The van der Waals surface area contributed by atoms with Crippen LogP contribution in [0.2, 0.25) is 0 Å². The molecule has 0 aromatic carbocycles. The van der Waals surface area contributed by atoms with Gasteiger partial charge in [-0.15, -0.1) is 0 Å². The van der Waals surface area contributed by atoms with Crippen molar-refractivity contribution in [2.24, 2.45) is 11.8 Å². The van der Waals surface area contributed by atoms with Crippen molar-refractivity contribution in [3.8, 4) is 0 Å². The van der Waals surface area contributed by atoms with Gasteiger partial charge in [-0.3, -0.25) is 0 Å². The Bertz CT molecular complexity index is 167. The summed E-state index contributed by atoms with van der Waals surface area (Å²) in [6.45, 7) is 4.64. The van der Waals surface area contributed by atoms with Crippen LogP contribution >= 0.6 is 0 Å². The van der Waals surface area contributed by atoms with Crippen LogP contribution in [-0.4, -0.2) is 13.1 Å². The summed E-state index contributed by atoms with van der Waals surface area (Å²) >= 11 is 0. The predicted octanol–water partition coefficient (Wildman–Crippen LogP) is 4.37. The van der Waals surface area contributed by atoms with E-state index in [1.54, 1.807) is 0 Å². The lowest BCUT2D eigenvalue weighted by Crippen LogP contribution is -2.33. The van der Waals surface area contributed by atoms with Gasteiger partial charge < -0.3 is 5.32 Å². The smallest absolute Gasteiger partial charge is 0.00922 e. The second-order valence-corrected chi connectivity index (χ2v) is 5.61. The van der Waals surface area contributed by atoms with Crippen LogP contribution in [0.4, 0.5) is 0 Å². The van der Waals surface area contributed by atoms with E-state index < -0.39 is 0 Å². The Hall–Kier alpha value is -0.0400. The van der Waals surface area contributed by atoms with E-state index in [1.807, 2.05) is 0 Å². The Morgan fingerprint density at radius 1 is 1.06 bits per heavy atom. The molecule has 0 amide bonds. The fraction of sp³-hybridized carbons (Fsp3) is 1.00. The molecule has 0 radical (unpaired) electrons. The van der Waals surface area contributed by atoms with Crippen LogP contribution in [0.15, 0.2) is 0 Å². The van der Waals surface area contributed by atoms with Crippen molar-refractivity contribution in [3.05, 3.63) is 0 Å². The van der Waals surface area contributed by atoms with E-state index in [0.29, 0.717) is 0 Å². The molecule has 0 saturated heterocycles. The van der Waals surface area contributed by atoms with Crippen LogP contribution in [0.25, 0.3) is 0 Å². The molecule has 0 aromatic rings. The summed E-state index contributed by atoms with van der Waals surface area (Å²) in [6.07, 6.45) is 12.9. The molecule has 3 unspecified atom stereocenters. The van der Waals surface area contributed by atoms with Gasteiger partial charge in [0.15, 0.2) is 0 Å². The molecule has 0 aliphatic heterocycles. The maximum Gasteiger partial charge on any atom is 0.00922 e. The minimum absolute atomic E-state index is 0.783. The summed E-state index contributed by atoms with van der Waals surface area (Å²) < 4.78 is 0. The zero-order valence-electron chi connectivity index (χ0n) is 11.6. The van der Waals surface area contributed by atoms with Crippen molar-refractivity contribution in [1.82, 2.24) is 5.32 Å². The van der Waals surface area contributed by atoms with Gasteiger partial charge in [0, 0.05) is 6.04 Å². The lowest BCUT2D eigenvalue weighted by Gasteiger charge is -2.25. The molecule has 1 fully saturated rings. The quantitative estimate of drug-likeness (QED) is 0.662. The van der Waals surface area contributed by atoms with Crippen LogP contribution in [0.3, 0.4) is 0 Å². The van der Waals surface area contributed by atoms with Crippen molar-refractivity contribution >= 4 is 0 Å². The van der Waals surface area contributed by atoms with Gasteiger partial charge in [0.2, 0.25) is 0 Å². The molecule has 1 nitrogen and oxygen atoms in total. The molecule has 0 aromatic heterocycles. The van der Waals surface area contributed by atoms with Crippen molar-refractivity contribution in [2.75, 3.05) is 7.05 Å². The second-order valence-electron chi connectivity index (χ2n) is 5.61. The van der Waals surface area contributed by atoms with E-state index in [2.05, 4.69) is 26.2 Å². The minimum Gasteiger partial charge on any atom is -0.317 e. The van der Waals surface area contributed by atoms with Crippen LogP contribution < -0.4 is 5.32 Å². The molecule has 1 rings (SSSR count). The molecule has 1 aliphatic carbocycles. The van der Waals surface area contributed by atoms with E-state index >= 15 is 0 Å². The Morgan fingerprint density at radius 2 is 1.88 bits per heavy atom. The Morgan fingerprint density at radius 3 is 2.50 bits per heavy atom. The predicted molar refractivity (Wildman–Crippen MR) is 72.7 cm³/mol. The van der Waals surface area contributed by atoms with Gasteiger partial charge in [0.25, 0.3) is 0 Å². The normalized spacial score (nSPS) is 28.7. The highest BCUT2D eigenvalue weighted by Gasteiger charge is 2.23. The molecule has 1 aliphatic rings. The monoisotopic (exact) mass is 225 g/mol. The molecule has 3 atom stereocenters. The molecule has 1 N–H and O–H groups in total. The standard InChI is InChI=1S/C15H31N/c1-4-7-13-9-6-10-14(12-11-13)15(16-3)8-5-2/h13-16H,4-12H2,1-3H3. The molecule has 0 bridgehead atoms. The van der Waals surface area contributed by atoms with Gasteiger partial charge in [0.1, 0.15) is 0 Å². The molecule has 0 heterocycles. The molecular formula is C15H31N. The first-order valence-electron chi connectivity index (χ1n) is 7.49. The fourth-order valence-corrected chi connectivity index (χ4v) is 3.43. The summed E-state index contributed by atoms with van der Waals surface area (Å²) in [5, 5.41) is 3.55. The summed E-state index contributed by atoms with van der Waals surface area (Å²) in [4.78, 5) is 0. The Balaban J connectivity index is 2.38. The molecule has 0 spiro atoms. The summed E-state index contributed by atoms with van der Waals surface area (Å²) in [5.74, 6) is 1.99. The van der Waals surface area contributed by atoms with Gasteiger partial charge in [0.05, 0.1) is 0 Å². The first-order chi connectivity index (χ1) is 7.81. The lowest BCUT2D eigenvalue weighted by atomic mass is 9.88. The first-order valence-corrected chi connectivity index (χ1v) is 7.49. The van der Waals surface area contributed by atoms with E-state index in [9.17, 15) is 0 Å². The molecule has 16 heavy (non-hydrogen) atoms.